The molecule has 33 heavy (non-hydrogen) atoms. The smallest absolute Gasteiger partial charge is 0.258 e. The van der Waals surface area contributed by atoms with Crippen molar-refractivity contribution >= 4 is 29.3 Å². The number of carbonyl (C=O) groups excluding carboxylic acids is 2. The summed E-state index contributed by atoms with van der Waals surface area (Å²) in [5, 5.41) is 5.35. The number of ether oxygens (including phenoxy) is 4. The lowest BCUT2D eigenvalue weighted by Crippen LogP contribution is -2.41. The molecule has 1 saturated heterocycles. The molecule has 176 valence electrons. The van der Waals surface area contributed by atoms with Crippen LogP contribution in [0.5, 0.6) is 17.2 Å². The number of nitrogens with zero attached hydrogens (tertiary/aromatic N) is 2. The van der Waals surface area contributed by atoms with E-state index in [2.05, 4.69) is 20.6 Å². The van der Waals surface area contributed by atoms with E-state index in [1.54, 1.807) is 12.1 Å². The monoisotopic (exact) mass is 459 g/mol. The highest BCUT2D eigenvalue weighted by molar-refractivity contribution is 6.04. The summed E-state index contributed by atoms with van der Waals surface area (Å²) in [7, 11) is 4.39. The van der Waals surface area contributed by atoms with Crippen LogP contribution < -0.4 is 35.3 Å². The molecule has 0 aliphatic carbocycles. The zero-order valence-corrected chi connectivity index (χ0v) is 18.5. The lowest BCUT2D eigenvalue weighted by molar-refractivity contribution is -0.123. The molecule has 4 rings (SSSR count). The standard InChI is InChI=1S/C21H25N5O7/c1-30-13-8-11(9-14(31-2)17(13)32-3)22-19(28)12-10-15(27)23-18-16(12)20(29)25-21(24-18)26-4-6-33-7-5-26/h8-9,12H,4-7,10H2,1-3H3,(H,22,28)(H2,23,24,25,27,29)/t12-/m0/s1. The molecule has 3 N–H and O–H groups in total. The van der Waals surface area contributed by atoms with Crippen molar-refractivity contribution in [3.8, 4) is 17.2 Å². The van der Waals surface area contributed by atoms with Gasteiger partial charge in [0.05, 0.1) is 46.0 Å². The topological polar surface area (TPSA) is 144 Å². The molecule has 0 radical (unpaired) electrons. The number of aromatic nitrogens is 2. The number of fused-ring (bicyclic) bond motifs is 1. The van der Waals surface area contributed by atoms with E-state index < -0.39 is 23.3 Å². The Balaban J connectivity index is 1.65. The summed E-state index contributed by atoms with van der Waals surface area (Å²) in [6.45, 7) is 2.13. The predicted octanol–water partition coefficient (Wildman–Crippen LogP) is 0.697. The summed E-state index contributed by atoms with van der Waals surface area (Å²) in [5.74, 6) is -0.480. The average Bonchev–Trinajstić information content (AvgIpc) is 2.82. The maximum Gasteiger partial charge on any atom is 0.258 e. The van der Waals surface area contributed by atoms with Gasteiger partial charge in [-0.15, -0.1) is 0 Å². The number of methoxy groups -OCH3 is 3. The van der Waals surface area contributed by atoms with Gasteiger partial charge >= 0.3 is 0 Å². The fraction of sp³-hybridized carbons (Fsp3) is 0.429. The first kappa shape index (κ1) is 22.4. The average molecular weight is 459 g/mol. The molecule has 2 aromatic rings. The quantitative estimate of drug-likeness (QED) is 0.568. The van der Waals surface area contributed by atoms with E-state index in [1.807, 2.05) is 4.90 Å². The number of benzene rings is 1. The van der Waals surface area contributed by atoms with Gasteiger partial charge in [0.15, 0.2) is 11.5 Å². The van der Waals surface area contributed by atoms with Crippen molar-refractivity contribution in [3.63, 3.8) is 0 Å². The molecule has 12 nitrogen and oxygen atoms in total. The highest BCUT2D eigenvalue weighted by Gasteiger charge is 2.35. The molecule has 0 saturated carbocycles. The molecule has 0 spiro atoms. The minimum absolute atomic E-state index is 0.0848. The van der Waals surface area contributed by atoms with E-state index in [0.717, 1.165) is 0 Å². The van der Waals surface area contributed by atoms with Gasteiger partial charge in [-0.25, -0.2) is 0 Å². The first-order valence-electron chi connectivity index (χ1n) is 10.3. The molecule has 1 aromatic carbocycles. The van der Waals surface area contributed by atoms with E-state index in [1.165, 1.54) is 21.3 Å². The molecular formula is C21H25N5O7. The van der Waals surface area contributed by atoms with Gasteiger partial charge < -0.3 is 34.5 Å². The lowest BCUT2D eigenvalue weighted by Gasteiger charge is -2.29. The third-order valence-corrected chi connectivity index (χ3v) is 5.50. The van der Waals surface area contributed by atoms with Gasteiger partial charge in [-0.2, -0.15) is 4.98 Å². The summed E-state index contributed by atoms with van der Waals surface area (Å²) in [5.41, 5.74) is -0.0144. The number of H-pyrrole nitrogens is 1. The van der Waals surface area contributed by atoms with Gasteiger partial charge in [-0.1, -0.05) is 0 Å². The largest absolute Gasteiger partial charge is 0.493 e. The minimum atomic E-state index is -1.03. The Morgan fingerprint density at radius 1 is 1.12 bits per heavy atom. The van der Waals surface area contributed by atoms with Crippen molar-refractivity contribution in [1.29, 1.82) is 0 Å². The normalized spacial score (nSPS) is 17.6. The van der Waals surface area contributed by atoms with Crippen molar-refractivity contribution < 1.29 is 28.5 Å². The number of amides is 2. The zero-order chi connectivity index (χ0) is 23.5. The van der Waals surface area contributed by atoms with Gasteiger partial charge in [-0.3, -0.25) is 19.4 Å². The molecule has 12 heteroatoms. The Morgan fingerprint density at radius 3 is 2.39 bits per heavy atom. The van der Waals surface area contributed by atoms with Crippen molar-refractivity contribution in [2.24, 2.45) is 0 Å². The summed E-state index contributed by atoms with van der Waals surface area (Å²) in [4.78, 5) is 47.4. The fourth-order valence-corrected chi connectivity index (χ4v) is 3.89. The van der Waals surface area contributed by atoms with Crippen LogP contribution in [0.3, 0.4) is 0 Å². The molecule has 0 bridgehead atoms. The number of nitrogens with one attached hydrogen (secondary N) is 3. The molecule has 2 amide bonds. The van der Waals surface area contributed by atoms with Crippen molar-refractivity contribution in [3.05, 3.63) is 28.0 Å². The summed E-state index contributed by atoms with van der Waals surface area (Å²) in [6.07, 6.45) is -0.190. The van der Waals surface area contributed by atoms with Crippen LogP contribution >= 0.6 is 0 Å². The molecule has 2 aliphatic heterocycles. The number of hydrogen-bond acceptors (Lipinski definition) is 9. The first-order chi connectivity index (χ1) is 15.9. The van der Waals surface area contributed by atoms with Crippen LogP contribution in [0.4, 0.5) is 17.5 Å². The number of aromatic amines is 1. The van der Waals surface area contributed by atoms with E-state index in [-0.39, 0.29) is 17.8 Å². The van der Waals surface area contributed by atoms with E-state index >= 15 is 0 Å². The maximum atomic E-state index is 13.2. The Labute approximate surface area is 189 Å². The lowest BCUT2D eigenvalue weighted by atomic mass is 9.92. The summed E-state index contributed by atoms with van der Waals surface area (Å²) < 4.78 is 21.2. The Bertz CT molecular complexity index is 1100. The minimum Gasteiger partial charge on any atom is -0.493 e. The SMILES string of the molecule is COc1cc(NC(=O)[C@H]2CC(=O)Nc3nc(N4CCOCC4)[nH]c(=O)c32)cc(OC)c1OC. The van der Waals surface area contributed by atoms with E-state index in [9.17, 15) is 14.4 Å². The molecule has 2 aliphatic rings. The third kappa shape index (κ3) is 4.42. The number of morpholine rings is 1. The Kier molecular flexibility index (Phi) is 6.36. The summed E-state index contributed by atoms with van der Waals surface area (Å²) in [6, 6.07) is 3.13. The van der Waals surface area contributed by atoms with Crippen LogP contribution in [0.15, 0.2) is 16.9 Å². The molecular weight excluding hydrogens is 434 g/mol. The van der Waals surface area contributed by atoms with E-state index in [0.29, 0.717) is 55.2 Å². The van der Waals surface area contributed by atoms with Crippen LogP contribution in [0.1, 0.15) is 17.9 Å². The molecule has 1 aromatic heterocycles. The highest BCUT2D eigenvalue weighted by Crippen LogP contribution is 2.40. The van der Waals surface area contributed by atoms with Gasteiger partial charge in [0.2, 0.25) is 23.5 Å². The van der Waals surface area contributed by atoms with Crippen molar-refractivity contribution in [1.82, 2.24) is 9.97 Å². The Hall–Kier alpha value is -3.80. The zero-order valence-electron chi connectivity index (χ0n) is 18.5. The van der Waals surface area contributed by atoms with E-state index in [4.69, 9.17) is 18.9 Å². The number of rotatable bonds is 6. The van der Waals surface area contributed by atoms with Crippen molar-refractivity contribution in [2.45, 2.75) is 12.3 Å². The fourth-order valence-electron chi connectivity index (χ4n) is 3.89. The van der Waals surface area contributed by atoms with Gasteiger partial charge in [0.1, 0.15) is 5.82 Å². The second-order valence-electron chi connectivity index (χ2n) is 7.46. The second kappa shape index (κ2) is 9.36. The van der Waals surface area contributed by atoms with Gasteiger partial charge in [-0.05, 0) is 0 Å². The predicted molar refractivity (Wildman–Crippen MR) is 119 cm³/mol. The van der Waals surface area contributed by atoms with Crippen LogP contribution in [0.2, 0.25) is 0 Å². The number of carbonyl (C=O) groups is 2. The molecule has 0 unspecified atom stereocenters. The number of anilines is 3. The van der Waals surface area contributed by atoms with Crippen LogP contribution in [0.25, 0.3) is 0 Å². The highest BCUT2D eigenvalue weighted by atomic mass is 16.5. The van der Waals surface area contributed by atoms with Crippen molar-refractivity contribution in [2.75, 3.05) is 63.2 Å². The molecule has 1 fully saturated rings. The maximum absolute atomic E-state index is 13.2. The summed E-state index contributed by atoms with van der Waals surface area (Å²) >= 11 is 0. The van der Waals surface area contributed by atoms with Crippen LogP contribution in [-0.4, -0.2) is 69.4 Å². The van der Waals surface area contributed by atoms with Crippen LogP contribution in [-0.2, 0) is 14.3 Å². The molecule has 3 heterocycles. The molecule has 1 atom stereocenters. The third-order valence-electron chi connectivity index (χ3n) is 5.50. The van der Waals surface area contributed by atoms with Gasteiger partial charge in [0, 0.05) is 37.3 Å². The Morgan fingerprint density at radius 2 is 1.79 bits per heavy atom. The van der Waals surface area contributed by atoms with Gasteiger partial charge in [0.25, 0.3) is 5.56 Å². The van der Waals surface area contributed by atoms with Crippen LogP contribution in [0, 0.1) is 0 Å². The second-order valence-corrected chi connectivity index (χ2v) is 7.46. The first-order valence-corrected chi connectivity index (χ1v) is 10.3. The number of hydrogen-bond donors (Lipinski definition) is 3.